The third kappa shape index (κ3) is 4.36. The quantitative estimate of drug-likeness (QED) is 0.706. The lowest BCUT2D eigenvalue weighted by molar-refractivity contribution is 0.374. The second-order valence-electron chi connectivity index (χ2n) is 7.14. The van der Waals surface area contributed by atoms with Crippen molar-refractivity contribution in [2.24, 2.45) is 0 Å². The molecule has 0 spiro atoms. The molecule has 0 saturated carbocycles. The van der Waals surface area contributed by atoms with Gasteiger partial charge in [0, 0.05) is 42.9 Å². The van der Waals surface area contributed by atoms with Crippen LogP contribution in [-0.4, -0.2) is 39.3 Å². The topological polar surface area (TPSA) is 80.0 Å². The van der Waals surface area contributed by atoms with Crippen molar-refractivity contribution in [2.75, 3.05) is 18.0 Å². The van der Waals surface area contributed by atoms with Gasteiger partial charge in [-0.1, -0.05) is 37.3 Å². The van der Waals surface area contributed by atoms with E-state index in [4.69, 9.17) is 9.40 Å². The van der Waals surface area contributed by atoms with Gasteiger partial charge in [-0.05, 0) is 19.8 Å². The molecule has 28 heavy (non-hydrogen) atoms. The lowest BCUT2D eigenvalue weighted by Crippen LogP contribution is -2.42. The lowest BCUT2D eigenvalue weighted by Gasteiger charge is -2.33. The Labute approximate surface area is 165 Å². The summed E-state index contributed by atoms with van der Waals surface area (Å²) < 4.78 is 5.57. The predicted molar refractivity (Wildman–Crippen MR) is 108 cm³/mol. The van der Waals surface area contributed by atoms with Crippen LogP contribution < -0.4 is 10.2 Å². The van der Waals surface area contributed by atoms with Crippen LogP contribution in [0.4, 0.5) is 5.82 Å². The summed E-state index contributed by atoms with van der Waals surface area (Å²) in [4.78, 5) is 11.8. The molecule has 3 heterocycles. The molecular formula is C21H26N6O. The number of piperidine rings is 1. The number of nitrogens with one attached hydrogen (secondary N) is 1. The van der Waals surface area contributed by atoms with E-state index in [0.717, 1.165) is 55.3 Å². The largest absolute Gasteiger partial charge is 0.424 e. The highest BCUT2D eigenvalue weighted by atomic mass is 16.4. The second kappa shape index (κ2) is 8.48. The van der Waals surface area contributed by atoms with Crippen molar-refractivity contribution in [3.63, 3.8) is 0 Å². The van der Waals surface area contributed by atoms with Gasteiger partial charge in [0.05, 0.1) is 6.54 Å². The molecule has 1 aliphatic heterocycles. The molecule has 1 aromatic carbocycles. The zero-order valence-electron chi connectivity index (χ0n) is 16.4. The second-order valence-corrected chi connectivity index (χ2v) is 7.14. The van der Waals surface area contributed by atoms with Crippen molar-refractivity contribution in [1.29, 1.82) is 0 Å². The van der Waals surface area contributed by atoms with Crippen LogP contribution in [0.5, 0.6) is 0 Å². The number of aryl methyl sites for hydroxylation is 2. The standard InChI is InChI=1S/C21H26N6O/c1-3-19-25-26-20(28-19)14-22-17-9-11-27(12-10-17)18-13-15(2)23-21(24-18)16-7-5-4-6-8-16/h4-8,13,17,22H,3,9-12,14H2,1-2H3. The van der Waals surface area contributed by atoms with Gasteiger partial charge in [0.2, 0.25) is 11.8 Å². The first kappa shape index (κ1) is 18.6. The molecule has 0 amide bonds. The van der Waals surface area contributed by atoms with Gasteiger partial charge in [0.1, 0.15) is 5.82 Å². The Hall–Kier alpha value is -2.80. The van der Waals surface area contributed by atoms with Gasteiger partial charge in [-0.15, -0.1) is 10.2 Å². The van der Waals surface area contributed by atoms with Crippen LogP contribution in [0, 0.1) is 6.92 Å². The maximum Gasteiger partial charge on any atom is 0.230 e. The van der Waals surface area contributed by atoms with E-state index in [0.29, 0.717) is 24.4 Å². The van der Waals surface area contributed by atoms with Crippen molar-refractivity contribution in [3.8, 4) is 11.4 Å². The Balaban J connectivity index is 1.36. The van der Waals surface area contributed by atoms with Gasteiger partial charge in [-0.25, -0.2) is 9.97 Å². The Bertz CT molecular complexity index is 902. The fraction of sp³-hybridized carbons (Fsp3) is 0.429. The van der Waals surface area contributed by atoms with Crippen LogP contribution in [0.2, 0.25) is 0 Å². The van der Waals surface area contributed by atoms with Crippen molar-refractivity contribution >= 4 is 5.82 Å². The first-order valence-electron chi connectivity index (χ1n) is 9.92. The average molecular weight is 378 g/mol. The van der Waals surface area contributed by atoms with Crippen LogP contribution >= 0.6 is 0 Å². The molecule has 3 aromatic rings. The van der Waals surface area contributed by atoms with Crippen molar-refractivity contribution < 1.29 is 4.42 Å². The number of rotatable bonds is 6. The maximum absolute atomic E-state index is 5.57. The molecule has 1 fully saturated rings. The van der Waals surface area contributed by atoms with Crippen molar-refractivity contribution in [2.45, 2.75) is 45.7 Å². The summed E-state index contributed by atoms with van der Waals surface area (Å²) in [6.07, 6.45) is 2.88. The van der Waals surface area contributed by atoms with Crippen LogP contribution in [0.1, 0.15) is 37.2 Å². The van der Waals surface area contributed by atoms with Crippen LogP contribution in [0.15, 0.2) is 40.8 Å². The zero-order valence-corrected chi connectivity index (χ0v) is 16.4. The molecule has 0 unspecified atom stereocenters. The summed E-state index contributed by atoms with van der Waals surface area (Å²) in [5.74, 6) is 3.16. The average Bonchev–Trinajstić information content (AvgIpc) is 3.21. The lowest BCUT2D eigenvalue weighted by atomic mass is 10.0. The van der Waals surface area contributed by atoms with Gasteiger partial charge < -0.3 is 14.6 Å². The normalized spacial score (nSPS) is 15.1. The minimum Gasteiger partial charge on any atom is -0.424 e. The summed E-state index contributed by atoms with van der Waals surface area (Å²) in [7, 11) is 0. The van der Waals surface area contributed by atoms with Gasteiger partial charge in [0.25, 0.3) is 0 Å². The minimum atomic E-state index is 0.449. The number of nitrogens with zero attached hydrogens (tertiary/aromatic N) is 5. The molecule has 2 aromatic heterocycles. The van der Waals surface area contributed by atoms with E-state index in [1.165, 1.54) is 0 Å². The summed E-state index contributed by atoms with van der Waals surface area (Å²) >= 11 is 0. The Morgan fingerprint density at radius 2 is 1.82 bits per heavy atom. The molecule has 1 aliphatic rings. The third-order valence-corrected chi connectivity index (χ3v) is 5.04. The number of aromatic nitrogens is 4. The van der Waals surface area contributed by atoms with E-state index in [2.05, 4.69) is 43.6 Å². The molecule has 4 rings (SSSR count). The first-order valence-corrected chi connectivity index (χ1v) is 9.92. The summed E-state index contributed by atoms with van der Waals surface area (Å²) in [5, 5.41) is 11.6. The summed E-state index contributed by atoms with van der Waals surface area (Å²) in [6.45, 7) is 6.60. The van der Waals surface area contributed by atoms with Crippen LogP contribution in [-0.2, 0) is 13.0 Å². The SMILES string of the molecule is CCc1nnc(CNC2CCN(c3cc(C)nc(-c4ccccc4)n3)CC2)o1. The van der Waals surface area contributed by atoms with E-state index in [1.807, 2.05) is 32.0 Å². The summed E-state index contributed by atoms with van der Waals surface area (Å²) in [6, 6.07) is 12.7. The van der Waals surface area contributed by atoms with Gasteiger partial charge in [-0.3, -0.25) is 0 Å². The number of hydrogen-bond donors (Lipinski definition) is 1. The first-order chi connectivity index (χ1) is 13.7. The van der Waals surface area contributed by atoms with Crippen molar-refractivity contribution in [1.82, 2.24) is 25.5 Å². The summed E-state index contributed by atoms with van der Waals surface area (Å²) in [5.41, 5.74) is 2.04. The van der Waals surface area contributed by atoms with Crippen molar-refractivity contribution in [3.05, 3.63) is 53.9 Å². The number of anilines is 1. The Morgan fingerprint density at radius 1 is 1.07 bits per heavy atom. The van der Waals surface area contributed by atoms with Gasteiger partial charge in [-0.2, -0.15) is 0 Å². The highest BCUT2D eigenvalue weighted by Gasteiger charge is 2.21. The molecule has 0 radical (unpaired) electrons. The number of hydrogen-bond acceptors (Lipinski definition) is 7. The van der Waals surface area contributed by atoms with E-state index >= 15 is 0 Å². The fourth-order valence-electron chi connectivity index (χ4n) is 3.48. The zero-order chi connectivity index (χ0) is 19.3. The Kier molecular flexibility index (Phi) is 5.62. The number of benzene rings is 1. The molecule has 7 heteroatoms. The van der Waals surface area contributed by atoms with Gasteiger partial charge >= 0.3 is 0 Å². The predicted octanol–water partition coefficient (Wildman–Crippen LogP) is 3.16. The monoisotopic (exact) mass is 378 g/mol. The fourth-order valence-corrected chi connectivity index (χ4v) is 3.48. The van der Waals surface area contributed by atoms with E-state index in [1.54, 1.807) is 0 Å². The highest BCUT2D eigenvalue weighted by molar-refractivity contribution is 5.57. The van der Waals surface area contributed by atoms with Gasteiger partial charge in [0.15, 0.2) is 5.82 Å². The molecule has 146 valence electrons. The van der Waals surface area contributed by atoms with E-state index < -0.39 is 0 Å². The highest BCUT2D eigenvalue weighted by Crippen LogP contribution is 2.23. The molecule has 0 atom stereocenters. The Morgan fingerprint density at radius 3 is 2.54 bits per heavy atom. The smallest absolute Gasteiger partial charge is 0.230 e. The molecule has 1 N–H and O–H groups in total. The molecule has 0 aliphatic carbocycles. The third-order valence-electron chi connectivity index (χ3n) is 5.04. The maximum atomic E-state index is 5.57. The minimum absolute atomic E-state index is 0.449. The molecule has 0 bridgehead atoms. The molecular weight excluding hydrogens is 352 g/mol. The van der Waals surface area contributed by atoms with E-state index in [9.17, 15) is 0 Å². The molecule has 7 nitrogen and oxygen atoms in total. The molecule has 1 saturated heterocycles. The van der Waals surface area contributed by atoms with Crippen LogP contribution in [0.25, 0.3) is 11.4 Å². The van der Waals surface area contributed by atoms with Crippen LogP contribution in [0.3, 0.4) is 0 Å². The van der Waals surface area contributed by atoms with E-state index in [-0.39, 0.29) is 0 Å².